The van der Waals surface area contributed by atoms with E-state index in [-0.39, 0.29) is 120 Å². The Morgan fingerprint density at radius 2 is 1.02 bits per heavy atom. The molecule has 2 saturated heterocycles. The first-order chi connectivity index (χ1) is 57.2. The van der Waals surface area contributed by atoms with Crippen molar-refractivity contribution < 1.29 is 86.9 Å². The number of aromatic hydroxyl groups is 1. The number of para-hydroxylation sites is 1. The number of H-pyrrole nitrogens is 2. The molecule has 0 radical (unpaired) electrons. The van der Waals surface area contributed by atoms with Gasteiger partial charge in [-0.05, 0) is 137 Å². The lowest BCUT2D eigenvalue weighted by Crippen LogP contribution is -2.61. The van der Waals surface area contributed by atoms with Gasteiger partial charge in [0, 0.05) is 81.1 Å². The molecule has 0 bridgehead atoms. The summed E-state index contributed by atoms with van der Waals surface area (Å²) in [7, 11) is 0. The highest BCUT2D eigenvalue weighted by Crippen LogP contribution is 2.29. The van der Waals surface area contributed by atoms with Gasteiger partial charge in [0.25, 0.3) is 0 Å². The second-order valence-electron chi connectivity index (χ2n) is 32.4. The quantitative estimate of drug-likeness (QED) is 0.0269. The van der Waals surface area contributed by atoms with Crippen molar-refractivity contribution in [1.29, 1.82) is 0 Å². The molecule has 21 N–H and O–H groups in total. The average molecular weight is 1680 g/mol. The Morgan fingerprint density at radius 3 is 1.57 bits per heavy atom. The monoisotopic (exact) mass is 1670 g/mol. The minimum atomic E-state index is -1.58. The number of phenols is 1. The van der Waals surface area contributed by atoms with Crippen LogP contribution in [0.5, 0.6) is 5.75 Å². The molecule has 3 fully saturated rings. The second kappa shape index (κ2) is 47.9. The molecule has 37 nitrogen and oxygen atoms in total. The molecule has 1 saturated carbocycles. The third kappa shape index (κ3) is 30.4. The van der Waals surface area contributed by atoms with E-state index in [0.717, 1.165) is 43.0 Å². The van der Waals surface area contributed by atoms with Crippen molar-refractivity contribution in [3.63, 3.8) is 0 Å². The Hall–Kier alpha value is -11.5. The van der Waals surface area contributed by atoms with Crippen LogP contribution in [0.2, 0.25) is 0 Å². The number of primary amides is 2. The van der Waals surface area contributed by atoms with Crippen LogP contribution in [0.1, 0.15) is 200 Å². The van der Waals surface area contributed by atoms with Crippen LogP contribution in [-0.2, 0) is 96.0 Å². The number of imidazole rings is 1. The number of benzene rings is 2. The summed E-state index contributed by atoms with van der Waals surface area (Å²) in [5.41, 5.74) is 19.3. The van der Waals surface area contributed by atoms with Gasteiger partial charge in [-0.2, -0.15) is 0 Å². The predicted molar refractivity (Wildman–Crippen MR) is 441 cm³/mol. The van der Waals surface area contributed by atoms with Crippen LogP contribution < -0.4 is 75.7 Å². The van der Waals surface area contributed by atoms with E-state index in [9.17, 15) is 82.1 Å². The van der Waals surface area contributed by atoms with Crippen molar-refractivity contribution in [1.82, 2.24) is 83.2 Å². The van der Waals surface area contributed by atoms with Gasteiger partial charge in [-0.1, -0.05) is 110 Å². The standard InChI is InChI=1S/C83H123N19O18/c1-7-8-21-57(72(108)100-66(83(119)120)40-51-26-28-54(104)29-27-51)94-80(116)68-25-17-36-102(68)82(118)60(31-33-70(86)106)92-71(107)45-89-79(115)67-24-16-35-101(67)81(117)59(23-14-15-34-84)95-75(111)62(38-48(4)5)96-73(109)58(30-32-69(85)105)93-74(110)61(37-47(2)3)97-77(113)64(41-52-43-88-56-22-13-12-20-55(52)56)98-78(114)65(42-53-44-87-46-90-53)99-76(112)63(91-49(6)103)39-50-18-10-9-11-19-50/h12-13,20,22,26-29,43-44,46-48,50,57-68,88,104H,7-11,14-19,21,23-25,30-42,45,84H2,1-6H3,(H2,85,105)(H2,86,106)(H,87,90)(H,89,115)(H,91,103)(H,92,107)(H,93,110)(H,94,116)(H,95,111)(H,96,109)(H,97,113)(H,98,114)(H,99,112)(H,100,108)(H,119,120)/t57-,58-,59-,60-,61-,62-,63-,64-,65-,66-,67-,68-/m0/s1. The van der Waals surface area contributed by atoms with Crippen LogP contribution in [0, 0.1) is 17.8 Å². The summed E-state index contributed by atoms with van der Waals surface area (Å²) in [5.74, 6) is -13.5. The lowest BCUT2D eigenvalue weighted by atomic mass is 9.84. The topological polar surface area (TPSA) is 575 Å². The Labute approximate surface area is 698 Å². The van der Waals surface area contributed by atoms with Gasteiger partial charge < -0.3 is 106 Å². The molecule has 0 unspecified atom stereocenters. The van der Waals surface area contributed by atoms with Crippen LogP contribution >= 0.6 is 0 Å². The molecule has 1 aliphatic carbocycles. The third-order valence-corrected chi connectivity index (χ3v) is 21.8. The number of carbonyl (C=O) groups excluding carboxylic acids is 15. The van der Waals surface area contributed by atoms with E-state index in [4.69, 9.17) is 17.2 Å². The van der Waals surface area contributed by atoms with Crippen molar-refractivity contribution in [2.24, 2.45) is 35.0 Å². The van der Waals surface area contributed by atoms with Gasteiger partial charge in [-0.25, -0.2) is 9.78 Å². The number of rotatable bonds is 49. The van der Waals surface area contributed by atoms with Gasteiger partial charge in [0.2, 0.25) is 88.6 Å². The summed E-state index contributed by atoms with van der Waals surface area (Å²) in [6.45, 7) is 9.81. The molecule has 3 aliphatic rings. The normalized spacial score (nSPS) is 17.3. The van der Waals surface area contributed by atoms with E-state index in [1.807, 2.05) is 25.1 Å². The number of carbonyl (C=O) groups is 16. The fourth-order valence-electron chi connectivity index (χ4n) is 15.5. The SMILES string of the molecule is CCCC[C@H](NC(=O)[C@@H]1CCCN1C(=O)[C@H](CCC(N)=O)NC(=O)CNC(=O)[C@@H]1CCCN1C(=O)[C@H](CCCCN)NC(=O)[C@H](CC(C)C)NC(=O)[C@H](CCC(N)=O)NC(=O)[C@H](CC(C)C)NC(=O)[C@H](Cc1c[nH]c2ccccc12)NC(=O)[C@H](Cc1cnc[nH]1)NC(=O)[C@H](CC1CCCCC1)NC(C)=O)C(=O)N[C@@H](Cc1ccc(O)cc1)C(=O)O. The average Bonchev–Trinajstić information content (AvgIpc) is 1.66. The molecule has 658 valence electrons. The molecule has 37 heteroatoms. The number of fused-ring (bicyclic) bond motifs is 1. The molecule has 7 rings (SSSR count). The molecule has 12 atom stereocenters. The number of phenolic OH excluding ortho intramolecular Hbond substituents is 1. The summed E-state index contributed by atoms with van der Waals surface area (Å²) in [4.78, 5) is 236. The molecule has 4 heterocycles. The molecule has 120 heavy (non-hydrogen) atoms. The Bertz CT molecular complexity index is 4170. The number of nitrogens with zero attached hydrogens (tertiary/aromatic N) is 3. The van der Waals surface area contributed by atoms with E-state index in [0.29, 0.717) is 61.8 Å². The van der Waals surface area contributed by atoms with Crippen LogP contribution in [-0.4, -0.2) is 228 Å². The largest absolute Gasteiger partial charge is 0.508 e. The smallest absolute Gasteiger partial charge is 0.326 e. The maximum Gasteiger partial charge on any atom is 0.326 e. The van der Waals surface area contributed by atoms with Crippen molar-refractivity contribution in [3.8, 4) is 5.75 Å². The Morgan fingerprint density at radius 1 is 0.517 bits per heavy atom. The minimum Gasteiger partial charge on any atom is -0.508 e. The van der Waals surface area contributed by atoms with Crippen molar-refractivity contribution in [2.45, 2.75) is 275 Å². The summed E-state index contributed by atoms with van der Waals surface area (Å²) in [6.07, 6.45) is 10.5. The summed E-state index contributed by atoms with van der Waals surface area (Å²) in [6, 6.07) is -2.86. The molecule has 2 aromatic carbocycles. The van der Waals surface area contributed by atoms with E-state index < -0.39 is 180 Å². The predicted octanol–water partition coefficient (Wildman–Crippen LogP) is 0.588. The fraction of sp³-hybridized carbons (Fsp3) is 0.602. The van der Waals surface area contributed by atoms with Crippen molar-refractivity contribution in [3.05, 3.63) is 84.1 Å². The Balaban J connectivity index is 1.03. The number of nitrogens with one attached hydrogen (secondary N) is 13. The first kappa shape index (κ1) is 95.6. The van der Waals surface area contributed by atoms with E-state index in [2.05, 4.69) is 73.4 Å². The molecule has 2 aromatic heterocycles. The number of likely N-dealkylation sites (tertiary alicyclic amines) is 2. The number of amides is 15. The molecule has 2 aliphatic heterocycles. The number of aromatic amines is 2. The van der Waals surface area contributed by atoms with Gasteiger partial charge in [0.05, 0.1) is 12.9 Å². The van der Waals surface area contributed by atoms with E-state index in [1.165, 1.54) is 53.5 Å². The number of aromatic nitrogens is 3. The summed E-state index contributed by atoms with van der Waals surface area (Å²) < 4.78 is 0. The Kier molecular flexibility index (Phi) is 38.2. The van der Waals surface area contributed by atoms with Gasteiger partial charge in [0.1, 0.15) is 78.3 Å². The lowest BCUT2D eigenvalue weighted by Gasteiger charge is -2.31. The molecule has 4 aromatic rings. The number of hydrogen-bond acceptors (Lipinski definition) is 19. The summed E-state index contributed by atoms with van der Waals surface area (Å²) >= 11 is 0. The first-order valence-corrected chi connectivity index (χ1v) is 41.9. The van der Waals surface area contributed by atoms with Gasteiger partial charge in [0.15, 0.2) is 0 Å². The highest BCUT2D eigenvalue weighted by Gasteiger charge is 2.43. The number of aliphatic carboxylic acids is 1. The first-order valence-electron chi connectivity index (χ1n) is 41.9. The van der Waals surface area contributed by atoms with Crippen molar-refractivity contribution >= 4 is 105 Å². The zero-order valence-corrected chi connectivity index (χ0v) is 69.5. The molecule has 0 spiro atoms. The van der Waals surface area contributed by atoms with Crippen molar-refractivity contribution in [2.75, 3.05) is 26.2 Å². The van der Waals surface area contributed by atoms with Gasteiger partial charge in [-0.3, -0.25) is 71.9 Å². The third-order valence-electron chi connectivity index (χ3n) is 21.8. The van der Waals surface area contributed by atoms with Crippen LogP contribution in [0.3, 0.4) is 0 Å². The zero-order chi connectivity index (χ0) is 87.7. The number of nitrogens with two attached hydrogens (primary N) is 3. The lowest BCUT2D eigenvalue weighted by molar-refractivity contribution is -0.144. The number of carboxylic acids is 1. The van der Waals surface area contributed by atoms with E-state index >= 15 is 4.79 Å². The van der Waals surface area contributed by atoms with E-state index in [1.54, 1.807) is 40.0 Å². The summed E-state index contributed by atoms with van der Waals surface area (Å²) in [5, 5.41) is 50.2. The zero-order valence-electron chi connectivity index (χ0n) is 69.5. The number of carboxylic acid groups (broad SMARTS) is 1. The van der Waals surface area contributed by atoms with Crippen LogP contribution in [0.15, 0.2) is 67.3 Å². The van der Waals surface area contributed by atoms with Gasteiger partial charge in [-0.15, -0.1) is 0 Å². The highest BCUT2D eigenvalue weighted by atomic mass is 16.4. The highest BCUT2D eigenvalue weighted by molar-refractivity contribution is 6.00. The minimum absolute atomic E-state index is 0.0121. The van der Waals surface area contributed by atoms with Crippen LogP contribution in [0.4, 0.5) is 0 Å². The number of unbranched alkanes of at least 4 members (excludes halogenated alkanes) is 2. The maximum absolute atomic E-state index is 15.1. The van der Waals surface area contributed by atoms with Crippen LogP contribution in [0.25, 0.3) is 10.9 Å². The molecular formula is C83H123N19O18. The van der Waals surface area contributed by atoms with Gasteiger partial charge >= 0.3 is 5.97 Å². The molecule has 15 amide bonds. The second-order valence-corrected chi connectivity index (χ2v) is 32.4. The molecular weight excluding hydrogens is 1550 g/mol. The maximum atomic E-state index is 15.1. The number of hydrogen-bond donors (Lipinski definition) is 18. The fourth-order valence-corrected chi connectivity index (χ4v) is 15.5.